The summed E-state index contributed by atoms with van der Waals surface area (Å²) in [5, 5.41) is 5.70. The molecule has 0 saturated heterocycles. The van der Waals surface area contributed by atoms with Crippen molar-refractivity contribution < 1.29 is 19.1 Å². The Morgan fingerprint density at radius 2 is 1.83 bits per heavy atom. The number of Topliss-reactive ketones (excluding diaryl/α,β-unsaturated/α-hetero) is 1. The SMILES string of the molecule is CC(=O)c1cccc(OCCCC(=O)Nc2ccc(C(=O)NC(C)C)c(C)c2)c1. The minimum absolute atomic E-state index is 0.0159. The van der Waals surface area contributed by atoms with E-state index < -0.39 is 0 Å². The third-order valence-corrected chi connectivity index (χ3v) is 4.23. The van der Waals surface area contributed by atoms with Gasteiger partial charge in [-0.3, -0.25) is 14.4 Å². The van der Waals surface area contributed by atoms with E-state index in [1.807, 2.05) is 20.8 Å². The molecule has 29 heavy (non-hydrogen) atoms. The average molecular weight is 396 g/mol. The minimum Gasteiger partial charge on any atom is -0.494 e. The van der Waals surface area contributed by atoms with Crippen LogP contribution in [0.1, 0.15) is 59.9 Å². The summed E-state index contributed by atoms with van der Waals surface area (Å²) in [6.07, 6.45) is 0.852. The van der Waals surface area contributed by atoms with Gasteiger partial charge in [-0.1, -0.05) is 12.1 Å². The molecule has 2 N–H and O–H groups in total. The van der Waals surface area contributed by atoms with Crippen LogP contribution in [-0.2, 0) is 4.79 Å². The van der Waals surface area contributed by atoms with Gasteiger partial charge in [0.1, 0.15) is 5.75 Å². The number of ether oxygens (including phenoxy) is 1. The van der Waals surface area contributed by atoms with Crippen LogP contribution in [0.25, 0.3) is 0 Å². The van der Waals surface area contributed by atoms with Crippen molar-refractivity contribution in [1.29, 1.82) is 0 Å². The van der Waals surface area contributed by atoms with Crippen LogP contribution in [0.3, 0.4) is 0 Å². The largest absolute Gasteiger partial charge is 0.494 e. The molecule has 0 unspecified atom stereocenters. The van der Waals surface area contributed by atoms with E-state index in [-0.39, 0.29) is 23.6 Å². The molecule has 0 aliphatic heterocycles. The maximum Gasteiger partial charge on any atom is 0.251 e. The molecule has 154 valence electrons. The maximum atomic E-state index is 12.2. The van der Waals surface area contributed by atoms with Crippen LogP contribution in [0.15, 0.2) is 42.5 Å². The van der Waals surface area contributed by atoms with Crippen LogP contribution in [0, 0.1) is 6.92 Å². The minimum atomic E-state index is -0.124. The zero-order chi connectivity index (χ0) is 21.4. The summed E-state index contributed by atoms with van der Waals surface area (Å²) < 4.78 is 5.61. The van der Waals surface area contributed by atoms with Gasteiger partial charge in [0.15, 0.2) is 5.78 Å². The van der Waals surface area contributed by atoms with E-state index in [0.29, 0.717) is 42.0 Å². The zero-order valence-electron chi connectivity index (χ0n) is 17.4. The molecular formula is C23H28N2O4. The fraction of sp³-hybridized carbons (Fsp3) is 0.348. The standard InChI is InChI=1S/C23H28N2O4/c1-15(2)24-23(28)21-11-10-19(13-16(21)3)25-22(27)9-6-12-29-20-8-5-7-18(14-20)17(4)26/h5,7-8,10-11,13-15H,6,9,12H2,1-4H3,(H,24,28)(H,25,27). The van der Waals surface area contributed by atoms with E-state index in [9.17, 15) is 14.4 Å². The van der Waals surface area contributed by atoms with Crippen molar-refractivity contribution in [3.63, 3.8) is 0 Å². The Hall–Kier alpha value is -3.15. The summed E-state index contributed by atoms with van der Waals surface area (Å²) in [7, 11) is 0. The Morgan fingerprint density at radius 3 is 2.48 bits per heavy atom. The lowest BCUT2D eigenvalue weighted by molar-refractivity contribution is -0.116. The third-order valence-electron chi connectivity index (χ3n) is 4.23. The second-order valence-corrected chi connectivity index (χ2v) is 7.24. The van der Waals surface area contributed by atoms with Crippen molar-refractivity contribution in [2.45, 2.75) is 46.6 Å². The molecular weight excluding hydrogens is 368 g/mol. The van der Waals surface area contributed by atoms with Gasteiger partial charge in [-0.25, -0.2) is 0 Å². The second-order valence-electron chi connectivity index (χ2n) is 7.24. The molecule has 0 saturated carbocycles. The van der Waals surface area contributed by atoms with E-state index in [2.05, 4.69) is 10.6 Å². The van der Waals surface area contributed by atoms with Crippen LogP contribution in [-0.4, -0.2) is 30.2 Å². The quantitative estimate of drug-likeness (QED) is 0.493. The summed E-state index contributed by atoms with van der Waals surface area (Å²) in [5.41, 5.74) is 2.65. The number of nitrogens with one attached hydrogen (secondary N) is 2. The smallest absolute Gasteiger partial charge is 0.251 e. The number of amides is 2. The van der Waals surface area contributed by atoms with Gasteiger partial charge in [0.25, 0.3) is 5.91 Å². The molecule has 0 aliphatic rings. The number of carbonyl (C=O) groups is 3. The fourth-order valence-corrected chi connectivity index (χ4v) is 2.79. The number of ketones is 1. The van der Waals surface area contributed by atoms with E-state index >= 15 is 0 Å². The highest BCUT2D eigenvalue weighted by atomic mass is 16.5. The summed E-state index contributed by atoms with van der Waals surface area (Å²) in [6, 6.07) is 12.3. The number of benzene rings is 2. The monoisotopic (exact) mass is 396 g/mol. The molecule has 0 heterocycles. The lowest BCUT2D eigenvalue weighted by Gasteiger charge is -2.12. The van der Waals surface area contributed by atoms with Gasteiger partial charge >= 0.3 is 0 Å². The van der Waals surface area contributed by atoms with Crippen molar-refractivity contribution in [3.05, 3.63) is 59.2 Å². The lowest BCUT2D eigenvalue weighted by atomic mass is 10.1. The molecule has 2 aromatic rings. The Kier molecular flexibility index (Phi) is 7.95. The first kappa shape index (κ1) is 22.1. The average Bonchev–Trinajstić information content (AvgIpc) is 2.65. The van der Waals surface area contributed by atoms with Crippen molar-refractivity contribution in [2.75, 3.05) is 11.9 Å². The Bertz CT molecular complexity index is 890. The molecule has 6 nitrogen and oxygen atoms in total. The Balaban J connectivity index is 1.80. The maximum absolute atomic E-state index is 12.2. The van der Waals surface area contributed by atoms with E-state index in [0.717, 1.165) is 5.56 Å². The van der Waals surface area contributed by atoms with Gasteiger partial charge in [-0.05, 0) is 70.0 Å². The fourth-order valence-electron chi connectivity index (χ4n) is 2.79. The van der Waals surface area contributed by atoms with E-state index in [1.165, 1.54) is 6.92 Å². The molecule has 2 rings (SSSR count). The third kappa shape index (κ3) is 7.07. The highest BCUT2D eigenvalue weighted by molar-refractivity contribution is 5.97. The molecule has 2 amide bonds. The zero-order valence-corrected chi connectivity index (χ0v) is 17.4. The van der Waals surface area contributed by atoms with Crippen LogP contribution in [0.5, 0.6) is 5.75 Å². The predicted octanol–water partition coefficient (Wildman–Crippen LogP) is 4.13. The van der Waals surface area contributed by atoms with Crippen molar-refractivity contribution in [3.8, 4) is 5.75 Å². The number of anilines is 1. The van der Waals surface area contributed by atoms with Crippen molar-refractivity contribution in [1.82, 2.24) is 5.32 Å². The number of hydrogen-bond donors (Lipinski definition) is 2. The Morgan fingerprint density at radius 1 is 1.07 bits per heavy atom. The highest BCUT2D eigenvalue weighted by Gasteiger charge is 2.11. The molecule has 6 heteroatoms. The van der Waals surface area contributed by atoms with Gasteiger partial charge in [-0.15, -0.1) is 0 Å². The summed E-state index contributed by atoms with van der Waals surface area (Å²) in [6.45, 7) is 7.54. The van der Waals surface area contributed by atoms with Crippen LogP contribution < -0.4 is 15.4 Å². The van der Waals surface area contributed by atoms with Gasteiger partial charge in [0.2, 0.25) is 5.91 Å². The Labute approximate surface area is 171 Å². The summed E-state index contributed by atoms with van der Waals surface area (Å²) >= 11 is 0. The van der Waals surface area contributed by atoms with Gasteiger partial charge in [-0.2, -0.15) is 0 Å². The van der Waals surface area contributed by atoms with Crippen LogP contribution in [0.4, 0.5) is 5.69 Å². The topological polar surface area (TPSA) is 84.5 Å². The van der Waals surface area contributed by atoms with Gasteiger partial charge < -0.3 is 15.4 Å². The summed E-state index contributed by atoms with van der Waals surface area (Å²) in [4.78, 5) is 35.7. The predicted molar refractivity (Wildman–Crippen MR) is 114 cm³/mol. The van der Waals surface area contributed by atoms with E-state index in [1.54, 1.807) is 42.5 Å². The molecule has 0 spiro atoms. The first-order chi connectivity index (χ1) is 13.8. The summed E-state index contributed by atoms with van der Waals surface area (Å²) in [5.74, 6) is 0.355. The number of aryl methyl sites for hydroxylation is 1. The first-order valence-electron chi connectivity index (χ1n) is 9.71. The highest BCUT2D eigenvalue weighted by Crippen LogP contribution is 2.17. The molecule has 0 atom stereocenters. The molecule has 0 radical (unpaired) electrons. The van der Waals surface area contributed by atoms with E-state index in [4.69, 9.17) is 4.74 Å². The van der Waals surface area contributed by atoms with Crippen LogP contribution >= 0.6 is 0 Å². The lowest BCUT2D eigenvalue weighted by Crippen LogP contribution is -2.30. The van der Waals surface area contributed by atoms with Gasteiger partial charge in [0.05, 0.1) is 6.61 Å². The molecule has 0 bridgehead atoms. The van der Waals surface area contributed by atoms with Crippen LogP contribution in [0.2, 0.25) is 0 Å². The molecule has 0 fully saturated rings. The molecule has 2 aromatic carbocycles. The normalized spacial score (nSPS) is 10.5. The van der Waals surface area contributed by atoms with Gasteiger partial charge in [0, 0.05) is 29.3 Å². The molecule has 0 aromatic heterocycles. The number of carbonyl (C=O) groups excluding carboxylic acids is 3. The second kappa shape index (κ2) is 10.4. The van der Waals surface area contributed by atoms with Crippen molar-refractivity contribution in [2.24, 2.45) is 0 Å². The molecule has 0 aliphatic carbocycles. The van der Waals surface area contributed by atoms with Crippen molar-refractivity contribution >= 4 is 23.3 Å². The number of hydrogen-bond acceptors (Lipinski definition) is 4. The number of rotatable bonds is 9. The first-order valence-corrected chi connectivity index (χ1v) is 9.71.